The van der Waals surface area contributed by atoms with Gasteiger partial charge in [-0.15, -0.1) is 11.8 Å². The first-order valence-electron chi connectivity index (χ1n) is 2.38. The van der Waals surface area contributed by atoms with Crippen molar-refractivity contribution < 1.29 is 0 Å². The molecule has 0 saturated carbocycles. The van der Waals surface area contributed by atoms with Crippen LogP contribution in [0.25, 0.3) is 0 Å². The summed E-state index contributed by atoms with van der Waals surface area (Å²) in [6, 6.07) is 0. The molecule has 3 N–H and O–H groups in total. The van der Waals surface area contributed by atoms with Crippen LogP contribution in [0.5, 0.6) is 0 Å². The van der Waals surface area contributed by atoms with E-state index in [0.29, 0.717) is 5.92 Å². The van der Waals surface area contributed by atoms with Crippen LogP contribution in [0, 0.1) is 17.8 Å². The summed E-state index contributed by atoms with van der Waals surface area (Å²) in [4.78, 5) is 0. The molecule has 0 amide bonds. The molecule has 1 unspecified atom stereocenters. The SMILES string of the molecule is CC1C#CCC1.N. The van der Waals surface area contributed by atoms with E-state index in [2.05, 4.69) is 18.8 Å². The van der Waals surface area contributed by atoms with E-state index in [1.54, 1.807) is 0 Å². The van der Waals surface area contributed by atoms with Crippen molar-refractivity contribution in [1.82, 2.24) is 6.15 Å². The lowest BCUT2D eigenvalue weighted by molar-refractivity contribution is 0.714. The normalized spacial score (nSPS) is 25.0. The van der Waals surface area contributed by atoms with Crippen molar-refractivity contribution in [1.29, 1.82) is 0 Å². The molecule has 0 aromatic rings. The Morgan fingerprint density at radius 1 is 1.57 bits per heavy atom. The maximum absolute atomic E-state index is 3.07. The smallest absolute Gasteiger partial charge is 0.0183 e. The van der Waals surface area contributed by atoms with E-state index in [9.17, 15) is 0 Å². The largest absolute Gasteiger partial charge is 0.344 e. The number of hydrogen-bond acceptors (Lipinski definition) is 1. The topological polar surface area (TPSA) is 35.0 Å². The molecule has 0 fully saturated rings. The second kappa shape index (κ2) is 2.65. The molecule has 0 heterocycles. The van der Waals surface area contributed by atoms with Crippen LogP contribution in [0.2, 0.25) is 0 Å². The predicted octanol–water partition coefficient (Wildman–Crippen LogP) is 1.58. The van der Waals surface area contributed by atoms with Gasteiger partial charge in [-0.1, -0.05) is 6.92 Å². The molecule has 1 rings (SSSR count). The quantitative estimate of drug-likeness (QED) is 0.457. The van der Waals surface area contributed by atoms with Crippen molar-refractivity contribution in [3.63, 3.8) is 0 Å². The first-order valence-corrected chi connectivity index (χ1v) is 2.38. The van der Waals surface area contributed by atoms with Crippen LogP contribution in [-0.4, -0.2) is 0 Å². The summed E-state index contributed by atoms with van der Waals surface area (Å²) in [5.41, 5.74) is 0. The first kappa shape index (κ1) is 6.52. The second-order valence-corrected chi connectivity index (χ2v) is 1.76. The summed E-state index contributed by atoms with van der Waals surface area (Å²) in [5.74, 6) is 6.78. The Bertz CT molecular complexity index is 96.5. The lowest BCUT2D eigenvalue weighted by Crippen LogP contribution is -1.79. The molecule has 0 aromatic heterocycles. The van der Waals surface area contributed by atoms with Crippen molar-refractivity contribution in [3.8, 4) is 11.8 Å². The third kappa shape index (κ3) is 1.61. The fraction of sp³-hybridized carbons (Fsp3) is 0.667. The molecule has 7 heavy (non-hydrogen) atoms. The van der Waals surface area contributed by atoms with E-state index in [1.807, 2.05) is 0 Å². The number of hydrogen-bond donors (Lipinski definition) is 1. The van der Waals surface area contributed by atoms with Gasteiger partial charge in [0.15, 0.2) is 0 Å². The summed E-state index contributed by atoms with van der Waals surface area (Å²) in [7, 11) is 0. The van der Waals surface area contributed by atoms with E-state index < -0.39 is 0 Å². The zero-order valence-electron chi connectivity index (χ0n) is 4.70. The third-order valence-electron chi connectivity index (χ3n) is 1.05. The highest BCUT2D eigenvalue weighted by molar-refractivity contribution is 5.08. The van der Waals surface area contributed by atoms with Crippen LogP contribution in [0.1, 0.15) is 19.8 Å². The molecule has 1 aliphatic carbocycles. The van der Waals surface area contributed by atoms with Gasteiger partial charge in [-0.25, -0.2) is 0 Å². The highest BCUT2D eigenvalue weighted by atomic mass is 14.0. The zero-order chi connectivity index (χ0) is 4.41. The molecule has 40 valence electrons. The molecule has 0 bridgehead atoms. The molecule has 1 heteroatoms. The van der Waals surface area contributed by atoms with Gasteiger partial charge in [0, 0.05) is 12.3 Å². The van der Waals surface area contributed by atoms with Crippen LogP contribution in [0.15, 0.2) is 0 Å². The van der Waals surface area contributed by atoms with Crippen LogP contribution < -0.4 is 6.15 Å². The monoisotopic (exact) mass is 97.1 g/mol. The third-order valence-corrected chi connectivity index (χ3v) is 1.05. The summed E-state index contributed by atoms with van der Waals surface area (Å²) in [6.07, 6.45) is 2.39. The fourth-order valence-electron chi connectivity index (χ4n) is 0.607. The molecular weight excluding hydrogens is 86.1 g/mol. The van der Waals surface area contributed by atoms with Gasteiger partial charge >= 0.3 is 0 Å². The fourth-order valence-corrected chi connectivity index (χ4v) is 0.607. The average molecular weight is 97.2 g/mol. The van der Waals surface area contributed by atoms with Crippen molar-refractivity contribution in [3.05, 3.63) is 0 Å². The molecule has 0 spiro atoms. The van der Waals surface area contributed by atoms with Crippen LogP contribution >= 0.6 is 0 Å². The van der Waals surface area contributed by atoms with Crippen molar-refractivity contribution in [2.75, 3.05) is 0 Å². The summed E-state index contributed by atoms with van der Waals surface area (Å²) < 4.78 is 0. The van der Waals surface area contributed by atoms with Gasteiger partial charge in [0.05, 0.1) is 0 Å². The van der Waals surface area contributed by atoms with Crippen molar-refractivity contribution in [2.45, 2.75) is 19.8 Å². The minimum atomic E-state index is 0. The Hall–Kier alpha value is -0.480. The molecule has 1 atom stereocenters. The van der Waals surface area contributed by atoms with Crippen LogP contribution in [0.4, 0.5) is 0 Å². The molecule has 1 nitrogen and oxygen atoms in total. The average Bonchev–Trinajstić information content (AvgIpc) is 1.86. The number of rotatable bonds is 0. The van der Waals surface area contributed by atoms with Gasteiger partial charge in [-0.2, -0.15) is 0 Å². The summed E-state index contributed by atoms with van der Waals surface area (Å²) in [5, 5.41) is 0. The van der Waals surface area contributed by atoms with Gasteiger partial charge in [0.1, 0.15) is 0 Å². The van der Waals surface area contributed by atoms with Crippen molar-refractivity contribution >= 4 is 0 Å². The standard InChI is InChI=1S/C6H8.H3N/c1-6-4-2-3-5-6;/h6H,2,4H2,1H3;1H3. The maximum atomic E-state index is 3.07. The Balaban J connectivity index is 0.000000360. The molecule has 0 radical (unpaired) electrons. The second-order valence-electron chi connectivity index (χ2n) is 1.76. The molecule has 1 aliphatic rings. The van der Waals surface area contributed by atoms with Gasteiger partial charge in [-0.3, -0.25) is 0 Å². The minimum Gasteiger partial charge on any atom is -0.344 e. The van der Waals surface area contributed by atoms with Crippen molar-refractivity contribution in [2.24, 2.45) is 5.92 Å². The van der Waals surface area contributed by atoms with Crippen LogP contribution in [-0.2, 0) is 0 Å². The molecule has 0 aliphatic heterocycles. The molecule has 0 aromatic carbocycles. The van der Waals surface area contributed by atoms with Gasteiger partial charge in [-0.05, 0) is 6.42 Å². The lowest BCUT2D eigenvalue weighted by atomic mass is 10.2. The first-order chi connectivity index (χ1) is 2.89. The Labute approximate surface area is 44.7 Å². The maximum Gasteiger partial charge on any atom is 0.0183 e. The Kier molecular flexibility index (Phi) is 2.47. The highest BCUT2D eigenvalue weighted by Gasteiger charge is 1.98. The van der Waals surface area contributed by atoms with Gasteiger partial charge in [0.2, 0.25) is 0 Å². The van der Waals surface area contributed by atoms with Gasteiger partial charge < -0.3 is 6.15 Å². The predicted molar refractivity (Wildman–Crippen MR) is 31.2 cm³/mol. The van der Waals surface area contributed by atoms with E-state index in [4.69, 9.17) is 0 Å². The Morgan fingerprint density at radius 2 is 2.29 bits per heavy atom. The van der Waals surface area contributed by atoms with Crippen LogP contribution in [0.3, 0.4) is 0 Å². The van der Waals surface area contributed by atoms with E-state index in [1.165, 1.54) is 6.42 Å². The Morgan fingerprint density at radius 3 is 2.43 bits per heavy atom. The van der Waals surface area contributed by atoms with E-state index in [-0.39, 0.29) is 6.15 Å². The summed E-state index contributed by atoms with van der Waals surface area (Å²) >= 11 is 0. The highest BCUT2D eigenvalue weighted by Crippen LogP contribution is 2.07. The minimum absolute atomic E-state index is 0. The lowest BCUT2D eigenvalue weighted by Gasteiger charge is -1.87. The summed E-state index contributed by atoms with van der Waals surface area (Å²) in [6.45, 7) is 2.17. The van der Waals surface area contributed by atoms with E-state index >= 15 is 0 Å². The molecular formula is C6H11N. The zero-order valence-corrected chi connectivity index (χ0v) is 4.70. The van der Waals surface area contributed by atoms with Gasteiger partial charge in [0.25, 0.3) is 0 Å². The molecule has 0 saturated heterocycles. The van der Waals surface area contributed by atoms with E-state index in [0.717, 1.165) is 6.42 Å².